The summed E-state index contributed by atoms with van der Waals surface area (Å²) >= 11 is 0. The first-order valence-corrected chi connectivity index (χ1v) is 13.4. The van der Waals surface area contributed by atoms with Gasteiger partial charge in [0.25, 0.3) is 0 Å². The number of urea groups is 1. The lowest BCUT2D eigenvalue weighted by Gasteiger charge is -2.27. The van der Waals surface area contributed by atoms with Gasteiger partial charge >= 0.3 is 6.03 Å². The van der Waals surface area contributed by atoms with Gasteiger partial charge in [0.1, 0.15) is 24.2 Å². The van der Waals surface area contributed by atoms with Gasteiger partial charge in [-0.25, -0.2) is 14.3 Å². The standard InChI is InChI=1S/C29H34N8O3/c1-19(2)24-17-22(26-28(30)32-18-33-37(24)26)27(38)20-6-5-7-21(16-20)34-29(39)35-23-8-3-4-9-25(23)40-15-14-36-12-10-31-11-13-36/h3-9,16-19,31H,10-15H2,1-2H3,(H2,30,32,33)(H2,34,35,39). The lowest BCUT2D eigenvalue weighted by atomic mass is 10.0. The molecule has 0 aliphatic carbocycles. The summed E-state index contributed by atoms with van der Waals surface area (Å²) in [5.74, 6) is 0.706. The Labute approximate surface area is 232 Å². The molecule has 0 atom stereocenters. The van der Waals surface area contributed by atoms with Crippen molar-refractivity contribution in [1.82, 2.24) is 24.8 Å². The first-order valence-electron chi connectivity index (χ1n) is 13.4. The third-order valence-electron chi connectivity index (χ3n) is 6.84. The molecule has 1 fully saturated rings. The zero-order chi connectivity index (χ0) is 28.1. The highest BCUT2D eigenvalue weighted by molar-refractivity contribution is 6.15. The topological polar surface area (TPSA) is 139 Å². The van der Waals surface area contributed by atoms with Gasteiger partial charge in [0.15, 0.2) is 11.6 Å². The smallest absolute Gasteiger partial charge is 0.323 e. The average molecular weight is 543 g/mol. The van der Waals surface area contributed by atoms with E-state index in [0.29, 0.717) is 40.4 Å². The molecule has 40 heavy (non-hydrogen) atoms. The first kappa shape index (κ1) is 27.1. The number of carbonyl (C=O) groups excluding carboxylic acids is 2. The van der Waals surface area contributed by atoms with Crippen molar-refractivity contribution in [2.24, 2.45) is 0 Å². The van der Waals surface area contributed by atoms with Crippen LogP contribution in [0.15, 0.2) is 60.9 Å². The number of anilines is 3. The SMILES string of the molecule is CC(C)c1cc(C(=O)c2cccc(NC(=O)Nc3ccccc3OCCN3CCNCC3)c2)c2c(N)ncnn12. The maximum Gasteiger partial charge on any atom is 0.323 e. The van der Waals surface area contributed by atoms with E-state index in [0.717, 1.165) is 38.4 Å². The summed E-state index contributed by atoms with van der Waals surface area (Å²) in [5.41, 5.74) is 9.31. The van der Waals surface area contributed by atoms with Gasteiger partial charge < -0.3 is 26.4 Å². The van der Waals surface area contributed by atoms with E-state index in [1.165, 1.54) is 6.33 Å². The van der Waals surface area contributed by atoms with E-state index in [-0.39, 0.29) is 17.5 Å². The number of piperazine rings is 1. The van der Waals surface area contributed by atoms with Crippen LogP contribution in [0.1, 0.15) is 41.4 Å². The lowest BCUT2D eigenvalue weighted by Crippen LogP contribution is -2.44. The quantitative estimate of drug-likeness (QED) is 0.235. The fraction of sp³-hybridized carbons (Fsp3) is 0.310. The molecular formula is C29H34N8O3. The minimum Gasteiger partial charge on any atom is -0.490 e. The number of hydrogen-bond acceptors (Lipinski definition) is 8. The molecule has 2 aromatic heterocycles. The van der Waals surface area contributed by atoms with Crippen molar-refractivity contribution in [1.29, 1.82) is 0 Å². The van der Waals surface area contributed by atoms with E-state index >= 15 is 0 Å². The highest BCUT2D eigenvalue weighted by Crippen LogP contribution is 2.28. The van der Waals surface area contributed by atoms with Gasteiger partial charge in [0, 0.05) is 49.7 Å². The zero-order valence-electron chi connectivity index (χ0n) is 22.7. The molecule has 11 nitrogen and oxygen atoms in total. The van der Waals surface area contributed by atoms with E-state index in [4.69, 9.17) is 10.5 Å². The van der Waals surface area contributed by atoms with E-state index in [9.17, 15) is 9.59 Å². The van der Waals surface area contributed by atoms with E-state index in [1.807, 2.05) is 32.0 Å². The van der Waals surface area contributed by atoms with E-state index < -0.39 is 6.03 Å². The summed E-state index contributed by atoms with van der Waals surface area (Å²) in [6.45, 7) is 9.33. The molecule has 0 unspecified atom stereocenters. The number of para-hydroxylation sites is 2. The second-order valence-electron chi connectivity index (χ2n) is 9.97. The number of nitrogens with two attached hydrogens (primary N) is 1. The van der Waals surface area contributed by atoms with Crippen LogP contribution in [0.4, 0.5) is 22.0 Å². The maximum absolute atomic E-state index is 13.6. The molecule has 11 heteroatoms. The van der Waals surface area contributed by atoms with Crippen LogP contribution in [0.5, 0.6) is 5.75 Å². The minimum atomic E-state index is -0.447. The minimum absolute atomic E-state index is 0.119. The van der Waals surface area contributed by atoms with Crippen LogP contribution in [0.3, 0.4) is 0 Å². The average Bonchev–Trinajstić information content (AvgIpc) is 3.36. The fourth-order valence-electron chi connectivity index (χ4n) is 4.77. The van der Waals surface area contributed by atoms with Gasteiger partial charge in [-0.2, -0.15) is 5.10 Å². The van der Waals surface area contributed by atoms with E-state index in [2.05, 4.69) is 30.9 Å². The van der Waals surface area contributed by atoms with Gasteiger partial charge in [0.05, 0.1) is 11.3 Å². The number of benzene rings is 2. The van der Waals surface area contributed by atoms with Crippen LogP contribution in [0.2, 0.25) is 0 Å². The molecule has 2 amide bonds. The second kappa shape index (κ2) is 12.1. The third-order valence-corrected chi connectivity index (χ3v) is 6.84. The van der Waals surface area contributed by atoms with Gasteiger partial charge in [-0.3, -0.25) is 9.69 Å². The number of nitrogens with one attached hydrogen (secondary N) is 3. The number of aromatic nitrogens is 3. The van der Waals surface area contributed by atoms with Crippen molar-refractivity contribution >= 4 is 34.5 Å². The summed E-state index contributed by atoms with van der Waals surface area (Å²) in [7, 11) is 0. The second-order valence-corrected chi connectivity index (χ2v) is 9.97. The number of nitrogens with zero attached hydrogens (tertiary/aromatic N) is 4. The molecule has 0 radical (unpaired) electrons. The Morgan fingerprint density at radius 3 is 2.67 bits per heavy atom. The number of nitrogen functional groups attached to an aromatic ring is 1. The predicted molar refractivity (Wildman–Crippen MR) is 155 cm³/mol. The number of amides is 2. The number of carbonyl (C=O) groups is 2. The van der Waals surface area contributed by atoms with Crippen LogP contribution in [-0.2, 0) is 0 Å². The normalized spacial score (nSPS) is 13.9. The fourth-order valence-corrected chi connectivity index (χ4v) is 4.77. The van der Waals surface area contributed by atoms with Crippen LogP contribution in [0.25, 0.3) is 5.52 Å². The molecule has 0 spiro atoms. The molecule has 5 N–H and O–H groups in total. The Morgan fingerprint density at radius 1 is 1.07 bits per heavy atom. The summed E-state index contributed by atoms with van der Waals surface area (Å²) < 4.78 is 7.65. The Morgan fingerprint density at radius 2 is 1.88 bits per heavy atom. The maximum atomic E-state index is 13.6. The van der Waals surface area contributed by atoms with Crippen molar-refractivity contribution in [3.05, 3.63) is 77.7 Å². The summed E-state index contributed by atoms with van der Waals surface area (Å²) in [6, 6.07) is 15.5. The molecular weight excluding hydrogens is 508 g/mol. The van der Waals surface area contributed by atoms with Gasteiger partial charge in [0.2, 0.25) is 0 Å². The summed E-state index contributed by atoms with van der Waals surface area (Å²) in [6.07, 6.45) is 1.38. The molecule has 0 saturated carbocycles. The molecule has 1 aliphatic rings. The van der Waals surface area contributed by atoms with Crippen LogP contribution < -0.4 is 26.4 Å². The predicted octanol–water partition coefficient (Wildman–Crippen LogP) is 3.59. The number of fused-ring (bicyclic) bond motifs is 1. The lowest BCUT2D eigenvalue weighted by molar-refractivity contribution is 0.104. The Bertz CT molecular complexity index is 1510. The van der Waals surface area contributed by atoms with Crippen molar-refractivity contribution < 1.29 is 14.3 Å². The van der Waals surface area contributed by atoms with Crippen LogP contribution in [0, 0.1) is 0 Å². The van der Waals surface area contributed by atoms with Crippen molar-refractivity contribution in [3.63, 3.8) is 0 Å². The van der Waals surface area contributed by atoms with Gasteiger partial charge in [-0.05, 0) is 36.2 Å². The van der Waals surface area contributed by atoms with E-state index in [1.54, 1.807) is 40.9 Å². The van der Waals surface area contributed by atoms with Crippen LogP contribution >= 0.6 is 0 Å². The largest absolute Gasteiger partial charge is 0.490 e. The molecule has 5 rings (SSSR count). The number of ketones is 1. The third kappa shape index (κ3) is 6.05. The molecule has 208 valence electrons. The number of hydrogen-bond donors (Lipinski definition) is 4. The Balaban J connectivity index is 1.27. The Hall–Kier alpha value is -4.48. The molecule has 4 aromatic rings. The van der Waals surface area contributed by atoms with Gasteiger partial charge in [-0.1, -0.05) is 38.1 Å². The molecule has 1 aliphatic heterocycles. The molecule has 1 saturated heterocycles. The van der Waals surface area contributed by atoms with Crippen LogP contribution in [-0.4, -0.2) is 70.6 Å². The summed E-state index contributed by atoms with van der Waals surface area (Å²) in [5, 5.41) is 13.3. The van der Waals surface area contributed by atoms with Crippen molar-refractivity contribution in [2.45, 2.75) is 19.8 Å². The first-order chi connectivity index (χ1) is 19.4. The summed E-state index contributed by atoms with van der Waals surface area (Å²) in [4.78, 5) is 32.9. The van der Waals surface area contributed by atoms with Crippen molar-refractivity contribution in [2.75, 3.05) is 55.7 Å². The highest BCUT2D eigenvalue weighted by Gasteiger charge is 2.22. The highest BCUT2D eigenvalue weighted by atomic mass is 16.5. The molecule has 0 bridgehead atoms. The van der Waals surface area contributed by atoms with Gasteiger partial charge in [-0.15, -0.1) is 0 Å². The molecule has 2 aromatic carbocycles. The van der Waals surface area contributed by atoms with Crippen molar-refractivity contribution in [3.8, 4) is 5.75 Å². The number of rotatable bonds is 9. The zero-order valence-corrected chi connectivity index (χ0v) is 22.7. The molecule has 3 heterocycles. The number of ether oxygens (including phenoxy) is 1. The Kier molecular flexibility index (Phi) is 8.23. The monoisotopic (exact) mass is 542 g/mol.